The van der Waals surface area contributed by atoms with Crippen LogP contribution in [0.4, 0.5) is 34.1 Å². The molecule has 3 aromatic heterocycles. The maximum Gasteiger partial charge on any atom is 0.252 e. The second-order valence-corrected chi connectivity index (χ2v) is 27.7. The highest BCUT2D eigenvalue weighted by Gasteiger charge is 2.46. The number of nitrogens with zero attached hydrogens (tertiary/aromatic N) is 5. The summed E-state index contributed by atoms with van der Waals surface area (Å²) in [6, 6.07) is 66.6. The SMILES string of the molecule is [2H]c1c([2H])c([2H])c2c(c1[2H])c1c([2H])c([2H])c([2H])c([2H])c1n2-c1ccc2c(c1)N(c1c(-c3ccccc3)cc(C(C)(C)C)cc1-c1ccccc1)c1cc(C(C)(C)C)cc3c1B2c1ccc(-n2c4c([2H])c([2H])c([2H])c([2H])c4c4c([2H])c([2H])c([2H])c([2H])c42)cc1N3c1cc(-c2ccccc2)cc2c1c1ccccc1n2-c1ccccc1. The highest BCUT2D eigenvalue weighted by atomic mass is 15.2. The molecular weight excluding hydrogens is 1190 g/mol. The summed E-state index contributed by atoms with van der Waals surface area (Å²) in [6.07, 6.45) is 0. The van der Waals surface area contributed by atoms with Crippen LogP contribution in [-0.4, -0.2) is 20.4 Å². The molecule has 2 aliphatic heterocycles. The molecule has 0 N–H and O–H groups in total. The number of anilines is 6. The van der Waals surface area contributed by atoms with E-state index in [-0.39, 0.29) is 43.6 Å². The third-order valence-corrected chi connectivity index (χ3v) is 20.0. The summed E-state index contributed by atoms with van der Waals surface area (Å²) in [4.78, 5) is 4.67. The van der Waals surface area contributed by atoms with E-state index in [2.05, 4.69) is 153 Å². The van der Waals surface area contributed by atoms with Gasteiger partial charge >= 0.3 is 0 Å². The van der Waals surface area contributed by atoms with Crippen molar-refractivity contribution in [2.75, 3.05) is 9.80 Å². The molecule has 2 aliphatic rings. The van der Waals surface area contributed by atoms with E-state index in [0.717, 1.165) is 111 Å². The molecule has 0 fully saturated rings. The summed E-state index contributed by atoms with van der Waals surface area (Å²) in [5.41, 5.74) is 16.1. The van der Waals surface area contributed by atoms with Gasteiger partial charge in [-0.3, -0.25) is 0 Å². The summed E-state index contributed by atoms with van der Waals surface area (Å²) in [5, 5.41) is 1.54. The molecule has 0 saturated heterocycles. The Bertz CT molecular complexity index is 6870. The first kappa shape index (κ1) is 43.3. The van der Waals surface area contributed by atoms with Gasteiger partial charge in [-0.2, -0.15) is 0 Å². The third-order valence-electron chi connectivity index (χ3n) is 20.0. The Kier molecular flexibility index (Phi) is 9.64. The van der Waals surface area contributed by atoms with Crippen LogP contribution >= 0.6 is 0 Å². The first-order valence-electron chi connectivity index (χ1n) is 41.1. The summed E-state index contributed by atoms with van der Waals surface area (Å²) in [5.74, 6) is 0. The van der Waals surface area contributed by atoms with Gasteiger partial charge in [0.2, 0.25) is 0 Å². The first-order valence-corrected chi connectivity index (χ1v) is 33.1. The fourth-order valence-corrected chi connectivity index (χ4v) is 15.4. The molecule has 0 amide bonds. The lowest BCUT2D eigenvalue weighted by Crippen LogP contribution is -2.61. The van der Waals surface area contributed by atoms with Crippen molar-refractivity contribution in [2.45, 2.75) is 52.4 Å². The minimum atomic E-state index is -0.752. The van der Waals surface area contributed by atoms with Crippen LogP contribution in [0.3, 0.4) is 0 Å². The first-order chi connectivity index (χ1) is 54.6. The summed E-state index contributed by atoms with van der Waals surface area (Å²) >= 11 is 0. The van der Waals surface area contributed by atoms with Gasteiger partial charge in [-0.1, -0.05) is 254 Å². The van der Waals surface area contributed by atoms with Crippen molar-refractivity contribution < 1.29 is 21.9 Å². The second-order valence-electron chi connectivity index (χ2n) is 27.7. The quantitative estimate of drug-likeness (QED) is 0.141. The Labute approximate surface area is 594 Å². The monoisotopic (exact) mass is 1270 g/mol. The maximum absolute atomic E-state index is 9.85. The molecule has 466 valence electrons. The average molecular weight is 1270 g/mol. The third kappa shape index (κ3) is 8.80. The lowest BCUT2D eigenvalue weighted by molar-refractivity contribution is 0.590. The van der Waals surface area contributed by atoms with E-state index in [0.29, 0.717) is 22.7 Å². The fourth-order valence-electron chi connectivity index (χ4n) is 15.4. The molecule has 98 heavy (non-hydrogen) atoms. The van der Waals surface area contributed by atoms with Crippen molar-refractivity contribution in [1.82, 2.24) is 13.7 Å². The standard InChI is InChI=1S/C92H70BN5/c1-91(2,3)63-53-73(60-31-13-8-14-32-60)90(74(54-63)61-33-15-9-16-34-61)98-83-58-67(96-79-44-26-21-39-70(79)71-40-22-27-45-80(71)96)48-50-76(83)93-75-49-47-66(95-77-42-24-19-37-68(77)69-38-20-25-43-78(69)95)57-82(75)97(86-55-64(92(4,5)6)56-87(98)89(86)93)85-52-62(59-29-11-7-12-30-59)51-84-88(85)72-41-23-28-46-81(72)94(84)65-35-17-10-18-36-65/h7-58H,1-6H3/i19D,20D,21D,22D,24D,25D,26D,27D,37D,38D,39D,40D,42D,43D,44D,45D. The van der Waals surface area contributed by atoms with Crippen molar-refractivity contribution in [3.05, 3.63) is 326 Å². The molecule has 0 bridgehead atoms. The number of hydrogen-bond donors (Lipinski definition) is 0. The predicted octanol–water partition coefficient (Wildman–Crippen LogP) is 22.7. The van der Waals surface area contributed by atoms with Gasteiger partial charge in [0.05, 0.1) is 66.4 Å². The van der Waals surface area contributed by atoms with Crippen LogP contribution < -0.4 is 26.2 Å². The minimum absolute atomic E-state index is 0.0453. The average Bonchev–Trinajstić information content (AvgIpc) is 0.990. The molecule has 17 aromatic rings. The van der Waals surface area contributed by atoms with E-state index in [4.69, 9.17) is 5.48 Å². The van der Waals surface area contributed by atoms with Crippen molar-refractivity contribution >= 4 is 123 Å². The van der Waals surface area contributed by atoms with Gasteiger partial charge in [-0.05, 0) is 164 Å². The molecule has 5 nitrogen and oxygen atoms in total. The lowest BCUT2D eigenvalue weighted by Gasteiger charge is -2.46. The number of benzene rings is 14. The topological polar surface area (TPSA) is 21.3 Å². The Morgan fingerprint density at radius 2 is 0.704 bits per heavy atom. The number of aromatic nitrogens is 3. The number of rotatable bonds is 8. The van der Waals surface area contributed by atoms with Gasteiger partial charge in [-0.15, -0.1) is 0 Å². The Morgan fingerprint density at radius 1 is 0.296 bits per heavy atom. The van der Waals surface area contributed by atoms with E-state index < -0.39 is 114 Å². The molecule has 5 heterocycles. The van der Waals surface area contributed by atoms with Gasteiger partial charge in [0.15, 0.2) is 0 Å². The fraction of sp³-hybridized carbons (Fsp3) is 0.0870. The normalized spacial score (nSPS) is 15.2. The van der Waals surface area contributed by atoms with E-state index in [1.54, 1.807) is 9.13 Å². The smallest absolute Gasteiger partial charge is 0.252 e. The van der Waals surface area contributed by atoms with E-state index in [1.165, 1.54) is 0 Å². The molecule has 0 spiro atoms. The van der Waals surface area contributed by atoms with E-state index in [9.17, 15) is 16.4 Å². The van der Waals surface area contributed by atoms with Crippen LogP contribution in [-0.2, 0) is 10.8 Å². The Hall–Kier alpha value is -11.9. The predicted molar refractivity (Wildman–Crippen MR) is 417 cm³/mol. The second kappa shape index (κ2) is 21.8. The van der Waals surface area contributed by atoms with Crippen molar-refractivity contribution in [3.63, 3.8) is 0 Å². The van der Waals surface area contributed by atoms with Crippen LogP contribution in [0.1, 0.15) is 74.6 Å². The zero-order valence-corrected chi connectivity index (χ0v) is 54.6. The number of para-hydroxylation sites is 6. The highest BCUT2D eigenvalue weighted by Crippen LogP contribution is 2.55. The Balaban J connectivity index is 1.04. The van der Waals surface area contributed by atoms with Crippen molar-refractivity contribution in [3.8, 4) is 50.4 Å². The van der Waals surface area contributed by atoms with Crippen molar-refractivity contribution in [2.24, 2.45) is 0 Å². The van der Waals surface area contributed by atoms with E-state index in [1.807, 2.05) is 121 Å². The zero-order chi connectivity index (χ0) is 79.6. The summed E-state index contributed by atoms with van der Waals surface area (Å²) in [6.45, 7) is 12.4. The molecule has 0 atom stereocenters. The molecule has 0 radical (unpaired) electrons. The van der Waals surface area contributed by atoms with Crippen LogP contribution in [0, 0.1) is 0 Å². The lowest BCUT2D eigenvalue weighted by atomic mass is 9.33. The van der Waals surface area contributed by atoms with Crippen LogP contribution in [0.2, 0.25) is 0 Å². The van der Waals surface area contributed by atoms with Gasteiger partial charge in [0, 0.05) is 83.3 Å². The van der Waals surface area contributed by atoms with E-state index >= 15 is 0 Å². The van der Waals surface area contributed by atoms with Crippen LogP contribution in [0.25, 0.3) is 116 Å². The highest BCUT2D eigenvalue weighted by molar-refractivity contribution is 7.00. The molecule has 0 unspecified atom stereocenters. The Morgan fingerprint density at radius 3 is 1.19 bits per heavy atom. The summed E-state index contributed by atoms with van der Waals surface area (Å²) < 4.78 is 157. The molecule has 14 aromatic carbocycles. The molecular formula is C92H70BN5. The van der Waals surface area contributed by atoms with Crippen LogP contribution in [0.15, 0.2) is 315 Å². The number of hydrogen-bond acceptors (Lipinski definition) is 2. The molecule has 19 rings (SSSR count). The van der Waals surface area contributed by atoms with Crippen molar-refractivity contribution in [1.29, 1.82) is 0 Å². The molecule has 6 heteroatoms. The largest absolute Gasteiger partial charge is 0.311 e. The summed E-state index contributed by atoms with van der Waals surface area (Å²) in [7, 11) is 0. The molecule has 0 saturated carbocycles. The zero-order valence-electron chi connectivity index (χ0n) is 70.6. The minimum Gasteiger partial charge on any atom is -0.311 e. The van der Waals surface area contributed by atoms with Gasteiger partial charge in [0.1, 0.15) is 0 Å². The van der Waals surface area contributed by atoms with Gasteiger partial charge in [0.25, 0.3) is 6.71 Å². The molecule has 0 aliphatic carbocycles. The maximum atomic E-state index is 9.85. The van der Waals surface area contributed by atoms with Gasteiger partial charge in [-0.25, -0.2) is 0 Å². The number of fused-ring (bicyclic) bond motifs is 13. The van der Waals surface area contributed by atoms with Gasteiger partial charge < -0.3 is 23.5 Å². The van der Waals surface area contributed by atoms with Crippen LogP contribution in [0.5, 0.6) is 0 Å².